The molecule has 0 bridgehead atoms. The Balaban J connectivity index is 2.66. The SMILES string of the molecule is CCC(=O)/C(=N\OCc1ccccc1)C(=O)OC. The maximum Gasteiger partial charge on any atom is 0.363 e. The molecule has 18 heavy (non-hydrogen) atoms. The number of benzene rings is 1. The van der Waals surface area contributed by atoms with Crippen LogP contribution in [0.4, 0.5) is 0 Å². The quantitative estimate of drug-likeness (QED) is 0.333. The van der Waals surface area contributed by atoms with Gasteiger partial charge in [0, 0.05) is 6.42 Å². The third-order valence-electron chi connectivity index (χ3n) is 2.19. The zero-order valence-electron chi connectivity index (χ0n) is 10.4. The van der Waals surface area contributed by atoms with Gasteiger partial charge in [-0.05, 0) is 5.56 Å². The molecule has 0 fully saturated rings. The van der Waals surface area contributed by atoms with Crippen LogP contribution in [-0.2, 0) is 25.8 Å². The van der Waals surface area contributed by atoms with Gasteiger partial charge in [0.25, 0.3) is 0 Å². The highest BCUT2D eigenvalue weighted by atomic mass is 16.6. The fourth-order valence-corrected chi connectivity index (χ4v) is 1.21. The summed E-state index contributed by atoms with van der Waals surface area (Å²) < 4.78 is 4.47. The van der Waals surface area contributed by atoms with Gasteiger partial charge in [-0.3, -0.25) is 4.79 Å². The van der Waals surface area contributed by atoms with Crippen molar-refractivity contribution in [1.29, 1.82) is 0 Å². The summed E-state index contributed by atoms with van der Waals surface area (Å²) in [6, 6.07) is 9.32. The molecule has 1 aromatic rings. The largest absolute Gasteiger partial charge is 0.464 e. The summed E-state index contributed by atoms with van der Waals surface area (Å²) in [5.74, 6) is -1.19. The van der Waals surface area contributed by atoms with Gasteiger partial charge in [0.2, 0.25) is 5.71 Å². The molecule has 5 nitrogen and oxygen atoms in total. The van der Waals surface area contributed by atoms with E-state index in [1.54, 1.807) is 6.92 Å². The Kier molecular flexibility index (Phi) is 5.57. The van der Waals surface area contributed by atoms with Gasteiger partial charge in [0.05, 0.1) is 7.11 Å². The van der Waals surface area contributed by atoms with Gasteiger partial charge >= 0.3 is 5.97 Å². The average Bonchev–Trinajstić information content (AvgIpc) is 2.43. The Labute approximate surface area is 105 Å². The molecule has 0 saturated carbocycles. The Morgan fingerprint density at radius 1 is 1.22 bits per heavy atom. The number of oxime groups is 1. The highest BCUT2D eigenvalue weighted by molar-refractivity contribution is 6.64. The number of esters is 1. The van der Waals surface area contributed by atoms with E-state index in [0.717, 1.165) is 5.56 Å². The van der Waals surface area contributed by atoms with Crippen molar-refractivity contribution < 1.29 is 19.2 Å². The van der Waals surface area contributed by atoms with E-state index in [1.165, 1.54) is 7.11 Å². The Morgan fingerprint density at radius 3 is 2.44 bits per heavy atom. The van der Waals surface area contributed by atoms with Gasteiger partial charge in [-0.15, -0.1) is 0 Å². The molecule has 0 amide bonds. The van der Waals surface area contributed by atoms with E-state index in [1.807, 2.05) is 30.3 Å². The van der Waals surface area contributed by atoms with Crippen molar-refractivity contribution >= 4 is 17.5 Å². The molecule has 0 radical (unpaired) electrons. The molecule has 1 rings (SSSR count). The molecule has 0 heterocycles. The van der Waals surface area contributed by atoms with E-state index in [2.05, 4.69) is 9.89 Å². The zero-order valence-corrected chi connectivity index (χ0v) is 10.4. The molecular formula is C13H15NO4. The van der Waals surface area contributed by atoms with Crippen LogP contribution in [0.15, 0.2) is 35.5 Å². The van der Waals surface area contributed by atoms with Crippen LogP contribution in [0, 0.1) is 0 Å². The lowest BCUT2D eigenvalue weighted by Crippen LogP contribution is -2.25. The van der Waals surface area contributed by atoms with Crippen LogP contribution < -0.4 is 0 Å². The molecule has 0 aliphatic heterocycles. The standard InChI is InChI=1S/C13H15NO4/c1-3-11(15)12(13(16)17-2)14-18-9-10-7-5-4-6-8-10/h4-8H,3,9H2,1-2H3/b14-12+. The first-order valence-corrected chi connectivity index (χ1v) is 5.54. The van der Waals surface area contributed by atoms with Crippen LogP contribution in [0.5, 0.6) is 0 Å². The molecule has 0 aromatic heterocycles. The number of Topliss-reactive ketones (excluding diaryl/α,β-unsaturated/α-hetero) is 1. The lowest BCUT2D eigenvalue weighted by Gasteiger charge is -2.03. The van der Waals surface area contributed by atoms with Gasteiger partial charge < -0.3 is 9.57 Å². The summed E-state index contributed by atoms with van der Waals surface area (Å²) in [5.41, 5.74) is 0.588. The van der Waals surface area contributed by atoms with Gasteiger partial charge in [0.1, 0.15) is 6.61 Å². The third kappa shape index (κ3) is 4.01. The van der Waals surface area contributed by atoms with Gasteiger partial charge in [-0.2, -0.15) is 0 Å². The van der Waals surface area contributed by atoms with Crippen molar-refractivity contribution in [3.8, 4) is 0 Å². The minimum atomic E-state index is -0.782. The smallest absolute Gasteiger partial charge is 0.363 e. The van der Waals surface area contributed by atoms with Crippen molar-refractivity contribution in [2.24, 2.45) is 5.16 Å². The third-order valence-corrected chi connectivity index (χ3v) is 2.19. The molecule has 0 spiro atoms. The molecule has 0 N–H and O–H groups in total. The van der Waals surface area contributed by atoms with Crippen LogP contribution in [0.2, 0.25) is 0 Å². The predicted octanol–water partition coefficient (Wildman–Crippen LogP) is 1.71. The zero-order chi connectivity index (χ0) is 13.4. The van der Waals surface area contributed by atoms with E-state index in [0.29, 0.717) is 0 Å². The fourth-order valence-electron chi connectivity index (χ4n) is 1.21. The van der Waals surface area contributed by atoms with Crippen LogP contribution in [0.3, 0.4) is 0 Å². The summed E-state index contributed by atoms with van der Waals surface area (Å²) in [7, 11) is 1.19. The van der Waals surface area contributed by atoms with Gasteiger partial charge in [-0.1, -0.05) is 42.4 Å². The summed E-state index contributed by atoms with van der Waals surface area (Å²) in [5, 5.41) is 3.55. The van der Waals surface area contributed by atoms with E-state index in [4.69, 9.17) is 4.84 Å². The fraction of sp³-hybridized carbons (Fsp3) is 0.308. The number of hydrogen-bond acceptors (Lipinski definition) is 5. The monoisotopic (exact) mass is 249 g/mol. The lowest BCUT2D eigenvalue weighted by atomic mass is 10.2. The number of hydrogen-bond donors (Lipinski definition) is 0. The van der Waals surface area contributed by atoms with E-state index in [9.17, 15) is 9.59 Å². The molecular weight excluding hydrogens is 234 g/mol. The summed E-state index contributed by atoms with van der Waals surface area (Å²) >= 11 is 0. The van der Waals surface area contributed by atoms with Crippen molar-refractivity contribution in [2.45, 2.75) is 20.0 Å². The molecule has 0 unspecified atom stereocenters. The topological polar surface area (TPSA) is 65.0 Å². The maximum absolute atomic E-state index is 11.4. The van der Waals surface area contributed by atoms with Crippen LogP contribution >= 0.6 is 0 Å². The molecule has 1 aromatic carbocycles. The highest BCUT2D eigenvalue weighted by Crippen LogP contribution is 2.01. The van der Waals surface area contributed by atoms with Crippen LogP contribution in [-0.4, -0.2) is 24.6 Å². The summed E-state index contributed by atoms with van der Waals surface area (Å²) in [6.07, 6.45) is 0.169. The van der Waals surface area contributed by atoms with Crippen molar-refractivity contribution in [3.63, 3.8) is 0 Å². The van der Waals surface area contributed by atoms with Crippen molar-refractivity contribution in [2.75, 3.05) is 7.11 Å². The van der Waals surface area contributed by atoms with Crippen LogP contribution in [0.25, 0.3) is 0 Å². The molecule has 5 heteroatoms. The first-order valence-electron chi connectivity index (χ1n) is 5.54. The minimum Gasteiger partial charge on any atom is -0.464 e. The number of carbonyl (C=O) groups excluding carboxylic acids is 2. The lowest BCUT2D eigenvalue weighted by molar-refractivity contribution is -0.133. The summed E-state index contributed by atoms with van der Waals surface area (Å²) in [4.78, 5) is 27.7. The number of ether oxygens (including phenoxy) is 1. The number of ketones is 1. The van der Waals surface area contributed by atoms with Gasteiger partial charge in [0.15, 0.2) is 5.78 Å². The first-order chi connectivity index (χ1) is 8.69. The predicted molar refractivity (Wildman–Crippen MR) is 66.0 cm³/mol. The Bertz CT molecular complexity index is 422. The second-order valence-corrected chi connectivity index (χ2v) is 3.47. The highest BCUT2D eigenvalue weighted by Gasteiger charge is 2.20. The minimum absolute atomic E-state index is 0.169. The number of carbonyl (C=O) groups is 2. The molecule has 0 saturated heterocycles. The molecule has 0 aliphatic carbocycles. The van der Waals surface area contributed by atoms with E-state index in [-0.39, 0.29) is 18.7 Å². The maximum atomic E-state index is 11.4. The number of methoxy groups -OCH3 is 1. The number of nitrogens with zero attached hydrogens (tertiary/aromatic N) is 1. The van der Waals surface area contributed by atoms with Crippen LogP contribution in [0.1, 0.15) is 18.9 Å². The second-order valence-electron chi connectivity index (χ2n) is 3.47. The van der Waals surface area contributed by atoms with Gasteiger partial charge in [-0.25, -0.2) is 4.79 Å². The normalized spacial score (nSPS) is 10.9. The molecule has 0 atom stereocenters. The molecule has 96 valence electrons. The van der Waals surface area contributed by atoms with E-state index >= 15 is 0 Å². The Morgan fingerprint density at radius 2 is 1.89 bits per heavy atom. The van der Waals surface area contributed by atoms with Crippen molar-refractivity contribution in [3.05, 3.63) is 35.9 Å². The number of rotatable bonds is 6. The molecule has 0 aliphatic rings. The first kappa shape index (κ1) is 13.9. The summed E-state index contributed by atoms with van der Waals surface area (Å²) in [6.45, 7) is 1.83. The average molecular weight is 249 g/mol. The Hall–Kier alpha value is -2.17. The second kappa shape index (κ2) is 7.21. The van der Waals surface area contributed by atoms with E-state index < -0.39 is 11.8 Å². The van der Waals surface area contributed by atoms with Crippen molar-refractivity contribution in [1.82, 2.24) is 0 Å².